The molecule has 0 radical (unpaired) electrons. The van der Waals surface area contributed by atoms with Crippen LogP contribution in [-0.2, 0) is 4.74 Å². The topological polar surface area (TPSA) is 63.2 Å². The van der Waals surface area contributed by atoms with Crippen LogP contribution >= 0.6 is 15.9 Å². The van der Waals surface area contributed by atoms with Gasteiger partial charge in [0.25, 0.3) is 0 Å². The van der Waals surface area contributed by atoms with Crippen molar-refractivity contribution in [2.45, 2.75) is 13.0 Å². The molecule has 0 aromatic heterocycles. The van der Waals surface area contributed by atoms with Gasteiger partial charge in [-0.25, -0.2) is 4.79 Å². The molecule has 1 unspecified atom stereocenters. The van der Waals surface area contributed by atoms with E-state index in [0.29, 0.717) is 44.2 Å². The van der Waals surface area contributed by atoms with E-state index < -0.39 is 12.1 Å². The SMILES string of the molecule is COc1cc(C)c(C2OC(=O)c3c(Br)ccc(OC)c32)c(OC)c1OC. The molecule has 1 atom stereocenters. The molecule has 1 aliphatic rings. The largest absolute Gasteiger partial charge is 0.496 e. The minimum absolute atomic E-state index is 0.424. The number of benzene rings is 2. The molecule has 2 aromatic rings. The van der Waals surface area contributed by atoms with E-state index in [1.165, 1.54) is 14.2 Å². The van der Waals surface area contributed by atoms with E-state index in [1.807, 2.05) is 13.0 Å². The van der Waals surface area contributed by atoms with Gasteiger partial charge in [0, 0.05) is 10.0 Å². The minimum atomic E-state index is -0.681. The van der Waals surface area contributed by atoms with E-state index in [9.17, 15) is 4.79 Å². The average molecular weight is 423 g/mol. The maximum atomic E-state index is 12.5. The number of cyclic esters (lactones) is 1. The van der Waals surface area contributed by atoms with E-state index in [0.717, 1.165) is 5.56 Å². The van der Waals surface area contributed by atoms with Crippen molar-refractivity contribution in [2.24, 2.45) is 0 Å². The van der Waals surface area contributed by atoms with Crippen molar-refractivity contribution in [3.8, 4) is 23.0 Å². The van der Waals surface area contributed by atoms with Crippen LogP contribution in [0.15, 0.2) is 22.7 Å². The Balaban J connectivity index is 2.31. The molecule has 0 bridgehead atoms. The van der Waals surface area contributed by atoms with Gasteiger partial charge in [-0.2, -0.15) is 0 Å². The summed E-state index contributed by atoms with van der Waals surface area (Å²) in [6.07, 6.45) is -0.681. The van der Waals surface area contributed by atoms with E-state index in [4.69, 9.17) is 23.7 Å². The van der Waals surface area contributed by atoms with E-state index in [-0.39, 0.29) is 0 Å². The lowest BCUT2D eigenvalue weighted by atomic mass is 9.93. The van der Waals surface area contributed by atoms with E-state index in [1.54, 1.807) is 26.4 Å². The molecule has 3 rings (SSSR count). The molecule has 26 heavy (non-hydrogen) atoms. The second-order valence-electron chi connectivity index (χ2n) is 5.70. The van der Waals surface area contributed by atoms with Crippen LogP contribution in [-0.4, -0.2) is 34.4 Å². The van der Waals surface area contributed by atoms with Crippen molar-refractivity contribution < 1.29 is 28.5 Å². The minimum Gasteiger partial charge on any atom is -0.496 e. The van der Waals surface area contributed by atoms with Crippen molar-refractivity contribution in [2.75, 3.05) is 28.4 Å². The second-order valence-corrected chi connectivity index (χ2v) is 6.55. The van der Waals surface area contributed by atoms with Crippen LogP contribution in [0.2, 0.25) is 0 Å². The zero-order valence-corrected chi connectivity index (χ0v) is 16.7. The maximum Gasteiger partial charge on any atom is 0.340 e. The molecule has 1 aliphatic heterocycles. The Hall–Kier alpha value is -2.41. The summed E-state index contributed by atoms with van der Waals surface area (Å²) in [6.45, 7) is 1.90. The lowest BCUT2D eigenvalue weighted by Gasteiger charge is -2.22. The number of rotatable bonds is 5. The Morgan fingerprint density at radius 2 is 1.58 bits per heavy atom. The highest BCUT2D eigenvalue weighted by Gasteiger charge is 2.40. The highest BCUT2D eigenvalue weighted by Crippen LogP contribution is 2.51. The Labute approximate surface area is 160 Å². The summed E-state index contributed by atoms with van der Waals surface area (Å²) < 4.78 is 28.3. The lowest BCUT2D eigenvalue weighted by molar-refractivity contribution is 0.0449. The third-order valence-electron chi connectivity index (χ3n) is 4.40. The molecule has 2 aromatic carbocycles. The Morgan fingerprint density at radius 3 is 2.15 bits per heavy atom. The average Bonchev–Trinajstić information content (AvgIpc) is 2.98. The normalized spacial score (nSPS) is 15.3. The van der Waals surface area contributed by atoms with Crippen LogP contribution < -0.4 is 18.9 Å². The van der Waals surface area contributed by atoms with Gasteiger partial charge in [0.1, 0.15) is 5.75 Å². The standard InChI is InChI=1S/C19H19BrO6/c1-9-8-12(23-3)16(24-4)18(25-5)13(9)17-15-11(22-2)7-6-10(20)14(15)19(21)26-17/h6-8,17H,1-5H3. The molecule has 1 heterocycles. The Bertz CT molecular complexity index is 877. The molecule has 0 N–H and O–H groups in total. The van der Waals surface area contributed by atoms with Crippen molar-refractivity contribution in [3.05, 3.63) is 44.9 Å². The van der Waals surface area contributed by atoms with Crippen molar-refractivity contribution in [3.63, 3.8) is 0 Å². The first-order valence-corrected chi connectivity index (χ1v) is 8.64. The Kier molecular flexibility index (Phi) is 5.00. The number of halogens is 1. The second kappa shape index (κ2) is 7.07. The van der Waals surface area contributed by atoms with Crippen LogP contribution in [0, 0.1) is 6.92 Å². The summed E-state index contributed by atoms with van der Waals surface area (Å²) in [5.74, 6) is 1.57. The summed E-state index contributed by atoms with van der Waals surface area (Å²) in [4.78, 5) is 12.5. The molecular weight excluding hydrogens is 404 g/mol. The van der Waals surface area contributed by atoms with Crippen LogP contribution in [0.25, 0.3) is 0 Å². The monoisotopic (exact) mass is 422 g/mol. The van der Waals surface area contributed by atoms with Crippen LogP contribution in [0.3, 0.4) is 0 Å². The summed E-state index contributed by atoms with van der Waals surface area (Å²) in [5.41, 5.74) is 2.63. The molecule has 0 fully saturated rings. The highest BCUT2D eigenvalue weighted by atomic mass is 79.9. The third kappa shape index (κ3) is 2.67. The Morgan fingerprint density at radius 1 is 0.923 bits per heavy atom. The fraction of sp³-hybridized carbons (Fsp3) is 0.316. The van der Waals surface area contributed by atoms with Gasteiger partial charge in [0.15, 0.2) is 17.6 Å². The number of methoxy groups -OCH3 is 4. The molecule has 0 aliphatic carbocycles. The van der Waals surface area contributed by atoms with Crippen molar-refractivity contribution >= 4 is 21.9 Å². The summed E-state index contributed by atoms with van der Waals surface area (Å²) in [7, 11) is 6.19. The number of carbonyl (C=O) groups excluding carboxylic acids is 1. The van der Waals surface area contributed by atoms with E-state index in [2.05, 4.69) is 15.9 Å². The summed E-state index contributed by atoms with van der Waals surface area (Å²) >= 11 is 3.42. The number of hydrogen-bond donors (Lipinski definition) is 0. The van der Waals surface area contributed by atoms with Crippen LogP contribution in [0.4, 0.5) is 0 Å². The zero-order chi connectivity index (χ0) is 19.0. The van der Waals surface area contributed by atoms with Gasteiger partial charge >= 0.3 is 5.97 Å². The first kappa shape index (κ1) is 18.4. The molecular formula is C19H19BrO6. The molecule has 7 heteroatoms. The quantitative estimate of drug-likeness (QED) is 0.677. The summed E-state index contributed by atoms with van der Waals surface area (Å²) in [6, 6.07) is 5.38. The van der Waals surface area contributed by atoms with E-state index >= 15 is 0 Å². The van der Waals surface area contributed by atoms with Gasteiger partial charge in [0.05, 0.1) is 39.6 Å². The van der Waals surface area contributed by atoms with Gasteiger partial charge in [-0.3, -0.25) is 0 Å². The molecule has 0 spiro atoms. The predicted molar refractivity (Wildman–Crippen MR) is 98.8 cm³/mol. The van der Waals surface area contributed by atoms with Gasteiger partial charge in [-0.15, -0.1) is 0 Å². The first-order valence-electron chi connectivity index (χ1n) is 7.85. The predicted octanol–water partition coefficient (Wildman–Crippen LogP) is 4.05. The first-order chi connectivity index (χ1) is 12.5. The van der Waals surface area contributed by atoms with Gasteiger partial charge in [-0.1, -0.05) is 0 Å². The van der Waals surface area contributed by atoms with Crippen molar-refractivity contribution in [1.82, 2.24) is 0 Å². The zero-order valence-electron chi connectivity index (χ0n) is 15.1. The van der Waals surface area contributed by atoms with Crippen LogP contribution in [0.5, 0.6) is 23.0 Å². The third-order valence-corrected chi connectivity index (χ3v) is 5.06. The fourth-order valence-corrected chi connectivity index (χ4v) is 3.78. The smallest absolute Gasteiger partial charge is 0.340 e. The molecule has 0 amide bonds. The number of esters is 1. The number of ether oxygens (including phenoxy) is 5. The van der Waals surface area contributed by atoms with Crippen LogP contribution in [0.1, 0.15) is 33.2 Å². The maximum absolute atomic E-state index is 12.5. The number of hydrogen-bond acceptors (Lipinski definition) is 6. The van der Waals surface area contributed by atoms with Gasteiger partial charge < -0.3 is 23.7 Å². The highest BCUT2D eigenvalue weighted by molar-refractivity contribution is 9.10. The molecule has 138 valence electrons. The molecule has 0 saturated carbocycles. The van der Waals surface area contributed by atoms with Gasteiger partial charge in [-0.05, 0) is 46.6 Å². The number of fused-ring (bicyclic) bond motifs is 1. The van der Waals surface area contributed by atoms with Crippen molar-refractivity contribution in [1.29, 1.82) is 0 Å². The fourth-order valence-electron chi connectivity index (χ4n) is 3.27. The number of carbonyl (C=O) groups is 1. The molecule has 6 nitrogen and oxygen atoms in total. The molecule has 0 saturated heterocycles. The lowest BCUT2D eigenvalue weighted by Crippen LogP contribution is -2.08. The van der Waals surface area contributed by atoms with Gasteiger partial charge in [0.2, 0.25) is 5.75 Å². The summed E-state index contributed by atoms with van der Waals surface area (Å²) in [5, 5.41) is 0. The number of aryl methyl sites for hydroxylation is 1.